The van der Waals surface area contributed by atoms with Crippen molar-refractivity contribution in [3.8, 4) is 11.5 Å². The number of carbonyl (C=O) groups is 3. The molecule has 6 nitrogen and oxygen atoms in total. The molecule has 6 heteroatoms. The summed E-state index contributed by atoms with van der Waals surface area (Å²) in [5, 5.41) is 0. The lowest BCUT2D eigenvalue weighted by Crippen LogP contribution is -2.46. The van der Waals surface area contributed by atoms with E-state index < -0.39 is 17.9 Å². The van der Waals surface area contributed by atoms with Gasteiger partial charge in [-0.15, -0.1) is 0 Å². The molecule has 0 N–H and O–H groups in total. The third-order valence-electron chi connectivity index (χ3n) is 4.31. The summed E-state index contributed by atoms with van der Waals surface area (Å²) in [5.41, 5.74) is 1.24. The van der Waals surface area contributed by atoms with E-state index in [4.69, 9.17) is 9.47 Å². The molecule has 1 unspecified atom stereocenters. The number of nitrogens with zero attached hydrogens (tertiary/aromatic N) is 1. The summed E-state index contributed by atoms with van der Waals surface area (Å²) in [5.74, 6) is -0.527. The minimum Gasteiger partial charge on any atom is -0.493 e. The highest BCUT2D eigenvalue weighted by atomic mass is 16.5. The maximum absolute atomic E-state index is 12.8. The number of hydrogen-bond donors (Lipinski definition) is 0. The minimum absolute atomic E-state index is 0.151. The van der Waals surface area contributed by atoms with Crippen LogP contribution in [0.3, 0.4) is 0 Å². The van der Waals surface area contributed by atoms with Gasteiger partial charge in [0.1, 0.15) is 0 Å². The van der Waals surface area contributed by atoms with Crippen LogP contribution in [-0.2, 0) is 4.79 Å². The lowest BCUT2D eigenvalue weighted by atomic mass is 9.89. The second-order valence-electron chi connectivity index (χ2n) is 5.65. The fourth-order valence-electron chi connectivity index (χ4n) is 3.17. The Kier molecular flexibility index (Phi) is 3.67. The van der Waals surface area contributed by atoms with E-state index in [1.165, 1.54) is 20.3 Å². The molecule has 23 heavy (non-hydrogen) atoms. The molecule has 1 aliphatic heterocycles. The summed E-state index contributed by atoms with van der Waals surface area (Å²) in [4.78, 5) is 38.7. The summed E-state index contributed by atoms with van der Waals surface area (Å²) in [6.07, 6.45) is 1.26. The summed E-state index contributed by atoms with van der Waals surface area (Å²) in [6, 6.07) is 2.38. The quantitative estimate of drug-likeness (QED) is 0.630. The molecule has 120 valence electrons. The molecule has 2 aliphatic rings. The smallest absolute Gasteiger partial charge is 0.266 e. The first-order valence-electron chi connectivity index (χ1n) is 7.31. The highest BCUT2D eigenvalue weighted by Gasteiger charge is 2.45. The molecular formula is C17H17NO5. The van der Waals surface area contributed by atoms with Crippen LogP contribution in [0.15, 0.2) is 24.3 Å². The Morgan fingerprint density at radius 3 is 2.48 bits per heavy atom. The first-order chi connectivity index (χ1) is 11.0. The Labute approximate surface area is 133 Å². The SMILES string of the molecule is C=C1CCC(N2C(=O)c3ccc(OC)c(OC)c3C2=O)C(=O)C1. The predicted octanol–water partition coefficient (Wildman–Crippen LogP) is 1.98. The monoisotopic (exact) mass is 315 g/mol. The molecule has 0 bridgehead atoms. The second kappa shape index (κ2) is 5.53. The van der Waals surface area contributed by atoms with Crippen LogP contribution in [0.5, 0.6) is 11.5 Å². The zero-order valence-corrected chi connectivity index (χ0v) is 13.0. The number of Topliss-reactive ketones (excluding diaryl/α,β-unsaturated/α-hetero) is 1. The molecule has 1 aromatic carbocycles. The Bertz CT molecular complexity index is 737. The van der Waals surface area contributed by atoms with Gasteiger partial charge in [-0.2, -0.15) is 0 Å². The molecule has 1 atom stereocenters. The number of ketones is 1. The normalized spacial score (nSPS) is 20.8. The molecular weight excluding hydrogens is 298 g/mol. The van der Waals surface area contributed by atoms with Gasteiger partial charge in [0.05, 0.1) is 31.4 Å². The molecule has 2 amide bonds. The lowest BCUT2D eigenvalue weighted by molar-refractivity contribution is -0.123. The largest absolute Gasteiger partial charge is 0.493 e. The number of allylic oxidation sites excluding steroid dienone is 1. The van der Waals surface area contributed by atoms with Crippen molar-refractivity contribution < 1.29 is 23.9 Å². The number of ether oxygens (including phenoxy) is 2. The van der Waals surface area contributed by atoms with Crippen LogP contribution in [-0.4, -0.2) is 42.8 Å². The van der Waals surface area contributed by atoms with Crippen LogP contribution in [0.25, 0.3) is 0 Å². The van der Waals surface area contributed by atoms with Gasteiger partial charge in [-0.05, 0) is 25.0 Å². The molecule has 0 spiro atoms. The van der Waals surface area contributed by atoms with E-state index in [1.54, 1.807) is 6.07 Å². The molecule has 3 rings (SSSR count). The van der Waals surface area contributed by atoms with Gasteiger partial charge >= 0.3 is 0 Å². The predicted molar refractivity (Wildman–Crippen MR) is 81.8 cm³/mol. The van der Waals surface area contributed by atoms with Gasteiger partial charge in [-0.25, -0.2) is 0 Å². The maximum atomic E-state index is 12.8. The topological polar surface area (TPSA) is 72.9 Å². The van der Waals surface area contributed by atoms with E-state index in [2.05, 4.69) is 6.58 Å². The highest BCUT2D eigenvalue weighted by molar-refractivity contribution is 6.24. The van der Waals surface area contributed by atoms with E-state index in [1.807, 2.05) is 0 Å². The van der Waals surface area contributed by atoms with Gasteiger partial charge in [0.2, 0.25) is 0 Å². The fourth-order valence-corrected chi connectivity index (χ4v) is 3.17. The molecule has 1 fully saturated rings. The van der Waals surface area contributed by atoms with E-state index >= 15 is 0 Å². The number of methoxy groups -OCH3 is 2. The van der Waals surface area contributed by atoms with Crippen molar-refractivity contribution in [2.75, 3.05) is 14.2 Å². The first kappa shape index (κ1) is 15.3. The van der Waals surface area contributed by atoms with Crippen molar-refractivity contribution in [1.29, 1.82) is 0 Å². The summed E-state index contributed by atoms with van der Waals surface area (Å²) < 4.78 is 10.4. The Morgan fingerprint density at radius 1 is 1.13 bits per heavy atom. The van der Waals surface area contributed by atoms with Crippen LogP contribution in [0.1, 0.15) is 40.0 Å². The number of hydrogen-bond acceptors (Lipinski definition) is 5. The number of fused-ring (bicyclic) bond motifs is 1. The first-order valence-corrected chi connectivity index (χ1v) is 7.31. The van der Waals surface area contributed by atoms with E-state index in [-0.39, 0.29) is 29.1 Å². The zero-order chi connectivity index (χ0) is 16.7. The Morgan fingerprint density at radius 2 is 1.87 bits per heavy atom. The van der Waals surface area contributed by atoms with Gasteiger partial charge < -0.3 is 9.47 Å². The Balaban J connectivity index is 2.04. The molecule has 1 aromatic rings. The van der Waals surface area contributed by atoms with Crippen molar-refractivity contribution in [3.63, 3.8) is 0 Å². The average Bonchev–Trinajstić information content (AvgIpc) is 2.78. The summed E-state index contributed by atoms with van der Waals surface area (Å²) in [7, 11) is 2.87. The summed E-state index contributed by atoms with van der Waals surface area (Å²) >= 11 is 0. The van der Waals surface area contributed by atoms with Crippen LogP contribution >= 0.6 is 0 Å². The van der Waals surface area contributed by atoms with Crippen molar-refractivity contribution in [3.05, 3.63) is 35.4 Å². The molecule has 0 radical (unpaired) electrons. The third kappa shape index (κ3) is 2.21. The van der Waals surface area contributed by atoms with Crippen molar-refractivity contribution in [2.24, 2.45) is 0 Å². The van der Waals surface area contributed by atoms with Crippen molar-refractivity contribution in [2.45, 2.75) is 25.3 Å². The standard InChI is InChI=1S/C17H17NO5/c1-9-4-6-11(12(19)8-9)18-16(20)10-5-7-13(22-2)15(23-3)14(10)17(18)21/h5,7,11H,1,4,6,8H2,2-3H3. The number of carbonyl (C=O) groups excluding carboxylic acids is 3. The van der Waals surface area contributed by atoms with Gasteiger partial charge in [0.15, 0.2) is 17.3 Å². The molecule has 1 saturated carbocycles. The van der Waals surface area contributed by atoms with Gasteiger partial charge in [0.25, 0.3) is 11.8 Å². The molecule has 1 heterocycles. The Hall–Kier alpha value is -2.63. The van der Waals surface area contributed by atoms with Gasteiger partial charge in [0, 0.05) is 6.42 Å². The van der Waals surface area contributed by atoms with Gasteiger partial charge in [-0.3, -0.25) is 19.3 Å². The molecule has 1 aliphatic carbocycles. The van der Waals surface area contributed by atoms with Crippen LogP contribution in [0, 0.1) is 0 Å². The van der Waals surface area contributed by atoms with Crippen LogP contribution < -0.4 is 9.47 Å². The van der Waals surface area contributed by atoms with E-state index in [0.29, 0.717) is 18.6 Å². The van der Waals surface area contributed by atoms with Crippen molar-refractivity contribution >= 4 is 17.6 Å². The summed E-state index contributed by atoms with van der Waals surface area (Å²) in [6.45, 7) is 3.81. The lowest BCUT2D eigenvalue weighted by Gasteiger charge is -2.29. The fraction of sp³-hybridized carbons (Fsp3) is 0.353. The van der Waals surface area contributed by atoms with Crippen LogP contribution in [0.2, 0.25) is 0 Å². The number of amides is 2. The minimum atomic E-state index is -0.733. The second-order valence-corrected chi connectivity index (χ2v) is 5.65. The highest BCUT2D eigenvalue weighted by Crippen LogP contribution is 2.40. The van der Waals surface area contributed by atoms with Gasteiger partial charge in [-0.1, -0.05) is 12.2 Å². The third-order valence-corrected chi connectivity index (χ3v) is 4.31. The average molecular weight is 315 g/mol. The van der Waals surface area contributed by atoms with Crippen LogP contribution in [0.4, 0.5) is 0 Å². The zero-order valence-electron chi connectivity index (χ0n) is 13.0. The molecule has 0 saturated heterocycles. The van der Waals surface area contributed by atoms with Crippen molar-refractivity contribution in [1.82, 2.24) is 4.90 Å². The maximum Gasteiger partial charge on any atom is 0.266 e. The van der Waals surface area contributed by atoms with E-state index in [9.17, 15) is 14.4 Å². The number of benzene rings is 1. The number of imide groups is 1. The van der Waals surface area contributed by atoms with E-state index in [0.717, 1.165) is 10.5 Å². The molecule has 0 aromatic heterocycles. The number of rotatable bonds is 3.